The predicted molar refractivity (Wildman–Crippen MR) is 106 cm³/mol. The Balaban J connectivity index is 2.51. The van der Waals surface area contributed by atoms with Crippen LogP contribution in [0.25, 0.3) is 5.69 Å². The predicted octanol–water partition coefficient (Wildman–Crippen LogP) is 3.60. The third-order valence-electron chi connectivity index (χ3n) is 4.16. The Labute approximate surface area is 154 Å². The number of nitrogens with zero attached hydrogens (tertiary/aromatic N) is 3. The molecule has 0 fully saturated rings. The summed E-state index contributed by atoms with van der Waals surface area (Å²) in [5, 5.41) is 7.10. The number of aromatic nitrogens is 2. The van der Waals surface area contributed by atoms with Gasteiger partial charge in [-0.05, 0) is 25.0 Å². The molecule has 0 bridgehead atoms. The normalized spacial score (nSPS) is 10.6. The van der Waals surface area contributed by atoms with E-state index in [4.69, 9.17) is 0 Å². The van der Waals surface area contributed by atoms with Gasteiger partial charge >= 0.3 is 0 Å². The Hall–Kier alpha value is -2.63. The molecule has 0 saturated heterocycles. The molecule has 1 heterocycles. The Morgan fingerprint density at radius 3 is 2.27 bits per heavy atom. The maximum Gasteiger partial charge on any atom is 0.297 e. The molecule has 6 nitrogen and oxygen atoms in total. The topological polar surface area (TPSA) is 67.2 Å². The lowest BCUT2D eigenvalue weighted by Gasteiger charge is -2.26. The lowest BCUT2D eigenvalue weighted by Crippen LogP contribution is -2.33. The minimum atomic E-state index is -0.318. The van der Waals surface area contributed by atoms with Crippen LogP contribution < -0.4 is 15.8 Å². The van der Waals surface area contributed by atoms with Crippen molar-refractivity contribution in [1.29, 1.82) is 0 Å². The second kappa shape index (κ2) is 9.75. The van der Waals surface area contributed by atoms with Gasteiger partial charge in [0.2, 0.25) is 5.91 Å². The minimum absolute atomic E-state index is 0.264. The van der Waals surface area contributed by atoms with Crippen molar-refractivity contribution in [2.45, 2.75) is 46.5 Å². The van der Waals surface area contributed by atoms with Crippen molar-refractivity contribution in [3.05, 3.63) is 46.9 Å². The summed E-state index contributed by atoms with van der Waals surface area (Å²) in [7, 11) is 0. The van der Waals surface area contributed by atoms with E-state index in [9.17, 15) is 9.59 Å². The van der Waals surface area contributed by atoms with E-state index in [1.807, 2.05) is 30.3 Å². The Morgan fingerprint density at radius 1 is 1.12 bits per heavy atom. The minimum Gasteiger partial charge on any atom is -0.368 e. The summed E-state index contributed by atoms with van der Waals surface area (Å²) in [5.41, 5.74) is 1.34. The van der Waals surface area contributed by atoms with Crippen molar-refractivity contribution in [2.75, 3.05) is 23.3 Å². The van der Waals surface area contributed by atoms with Crippen LogP contribution in [0.3, 0.4) is 0 Å². The number of amides is 1. The van der Waals surface area contributed by atoms with E-state index in [0.29, 0.717) is 17.1 Å². The summed E-state index contributed by atoms with van der Waals surface area (Å²) in [6, 6.07) is 9.22. The SMILES string of the molecule is CCCCN(CCCC)c1cnn(-c2ccccc2)c(=O)c1NC(C)=O. The van der Waals surface area contributed by atoms with E-state index in [1.165, 1.54) is 11.6 Å². The highest BCUT2D eigenvalue weighted by Gasteiger charge is 2.18. The van der Waals surface area contributed by atoms with Crippen LogP contribution in [0.5, 0.6) is 0 Å². The van der Waals surface area contributed by atoms with E-state index in [2.05, 4.69) is 29.2 Å². The molecule has 2 rings (SSSR count). The van der Waals surface area contributed by atoms with Crippen LogP contribution >= 0.6 is 0 Å². The molecule has 0 saturated carbocycles. The van der Waals surface area contributed by atoms with Crippen LogP contribution in [0, 0.1) is 0 Å². The molecule has 0 unspecified atom stereocenters. The average Bonchev–Trinajstić information content (AvgIpc) is 2.64. The van der Waals surface area contributed by atoms with Gasteiger partial charge in [-0.3, -0.25) is 9.59 Å². The third-order valence-corrected chi connectivity index (χ3v) is 4.16. The van der Waals surface area contributed by atoms with E-state index < -0.39 is 0 Å². The van der Waals surface area contributed by atoms with Crippen LogP contribution in [0.4, 0.5) is 11.4 Å². The number of rotatable bonds is 9. The number of benzene rings is 1. The molecule has 2 aromatic rings. The molecule has 1 amide bonds. The van der Waals surface area contributed by atoms with Gasteiger partial charge in [-0.2, -0.15) is 9.78 Å². The monoisotopic (exact) mass is 356 g/mol. The van der Waals surface area contributed by atoms with Crippen molar-refractivity contribution < 1.29 is 4.79 Å². The maximum absolute atomic E-state index is 13.0. The first-order chi connectivity index (χ1) is 12.6. The summed E-state index contributed by atoms with van der Waals surface area (Å²) < 4.78 is 1.33. The Bertz CT molecular complexity index is 763. The number of nitrogens with one attached hydrogen (secondary N) is 1. The fourth-order valence-electron chi connectivity index (χ4n) is 2.78. The van der Waals surface area contributed by atoms with Gasteiger partial charge in [0.15, 0.2) is 0 Å². The summed E-state index contributed by atoms with van der Waals surface area (Å²) in [5.74, 6) is -0.264. The molecular formula is C20H28N4O2. The molecule has 0 aliphatic carbocycles. The summed E-state index contributed by atoms with van der Waals surface area (Å²) in [6.07, 6.45) is 5.85. The van der Waals surface area contributed by atoms with Crippen molar-refractivity contribution in [2.24, 2.45) is 0 Å². The molecule has 0 atom stereocenters. The van der Waals surface area contributed by atoms with Crippen LogP contribution in [-0.2, 0) is 4.79 Å². The van der Waals surface area contributed by atoms with Gasteiger partial charge in [-0.25, -0.2) is 0 Å². The number of para-hydroxylation sites is 1. The first-order valence-electron chi connectivity index (χ1n) is 9.28. The summed E-state index contributed by atoms with van der Waals surface area (Å²) >= 11 is 0. The highest BCUT2D eigenvalue weighted by Crippen LogP contribution is 2.23. The zero-order valence-electron chi connectivity index (χ0n) is 15.9. The molecule has 0 spiro atoms. The summed E-state index contributed by atoms with van der Waals surface area (Å²) in [6.45, 7) is 7.36. The quantitative estimate of drug-likeness (QED) is 0.745. The first kappa shape index (κ1) is 19.7. The lowest BCUT2D eigenvalue weighted by molar-refractivity contribution is -0.114. The van der Waals surface area contributed by atoms with Crippen LogP contribution in [-0.4, -0.2) is 28.8 Å². The van der Waals surface area contributed by atoms with Gasteiger partial charge in [-0.1, -0.05) is 44.9 Å². The molecular weight excluding hydrogens is 328 g/mol. The number of carbonyl (C=O) groups excluding carboxylic acids is 1. The zero-order valence-corrected chi connectivity index (χ0v) is 15.9. The first-order valence-corrected chi connectivity index (χ1v) is 9.28. The number of hydrogen-bond acceptors (Lipinski definition) is 4. The highest BCUT2D eigenvalue weighted by atomic mass is 16.2. The molecule has 0 radical (unpaired) electrons. The molecule has 140 valence electrons. The van der Waals surface area contributed by atoms with Crippen molar-refractivity contribution in [3.8, 4) is 5.69 Å². The molecule has 0 aliphatic rings. The lowest BCUT2D eigenvalue weighted by atomic mass is 10.2. The van der Waals surface area contributed by atoms with Gasteiger partial charge in [0.05, 0.1) is 17.6 Å². The molecule has 1 aromatic heterocycles. The molecule has 1 N–H and O–H groups in total. The maximum atomic E-state index is 13.0. The van der Waals surface area contributed by atoms with E-state index in [-0.39, 0.29) is 11.5 Å². The van der Waals surface area contributed by atoms with E-state index in [0.717, 1.165) is 38.8 Å². The highest BCUT2D eigenvalue weighted by molar-refractivity contribution is 5.92. The van der Waals surface area contributed by atoms with Crippen LogP contribution in [0.1, 0.15) is 46.5 Å². The van der Waals surface area contributed by atoms with E-state index >= 15 is 0 Å². The Morgan fingerprint density at radius 2 is 1.73 bits per heavy atom. The average molecular weight is 356 g/mol. The van der Waals surface area contributed by atoms with Crippen LogP contribution in [0.2, 0.25) is 0 Å². The largest absolute Gasteiger partial charge is 0.368 e. The number of anilines is 2. The smallest absolute Gasteiger partial charge is 0.297 e. The third kappa shape index (κ3) is 4.94. The van der Waals surface area contributed by atoms with Gasteiger partial charge in [0.1, 0.15) is 5.69 Å². The van der Waals surface area contributed by atoms with Gasteiger partial charge in [0, 0.05) is 20.0 Å². The van der Waals surface area contributed by atoms with Gasteiger partial charge < -0.3 is 10.2 Å². The summed E-state index contributed by atoms with van der Waals surface area (Å²) in [4.78, 5) is 26.9. The van der Waals surface area contributed by atoms with Crippen molar-refractivity contribution in [1.82, 2.24) is 9.78 Å². The van der Waals surface area contributed by atoms with Gasteiger partial charge in [-0.15, -0.1) is 0 Å². The second-order valence-electron chi connectivity index (χ2n) is 6.33. The number of carbonyl (C=O) groups is 1. The zero-order chi connectivity index (χ0) is 18.9. The van der Waals surface area contributed by atoms with E-state index in [1.54, 1.807) is 6.20 Å². The fourth-order valence-corrected chi connectivity index (χ4v) is 2.78. The van der Waals surface area contributed by atoms with Gasteiger partial charge in [0.25, 0.3) is 5.56 Å². The second-order valence-corrected chi connectivity index (χ2v) is 6.33. The number of unbranched alkanes of at least 4 members (excludes halogenated alkanes) is 2. The molecule has 6 heteroatoms. The van der Waals surface area contributed by atoms with Crippen molar-refractivity contribution >= 4 is 17.3 Å². The van der Waals surface area contributed by atoms with Crippen molar-refractivity contribution in [3.63, 3.8) is 0 Å². The molecule has 26 heavy (non-hydrogen) atoms. The van der Waals surface area contributed by atoms with Crippen LogP contribution in [0.15, 0.2) is 41.3 Å². The fraction of sp³-hybridized carbons (Fsp3) is 0.450. The molecule has 0 aliphatic heterocycles. The standard InChI is InChI=1S/C20H28N4O2/c1-4-6-13-23(14-7-5-2)18-15-21-24(17-11-9-8-10-12-17)20(26)19(18)22-16(3)25/h8-12,15H,4-7,13-14H2,1-3H3,(H,22,25). The number of hydrogen-bond donors (Lipinski definition) is 1. The molecule has 1 aromatic carbocycles. The Kier molecular flexibility index (Phi) is 7.38.